The number of nitrogens with one attached hydrogen (secondary N) is 3. The molecule has 2 aliphatic rings. The number of esters is 1. The molecule has 0 amide bonds. The van der Waals surface area contributed by atoms with Gasteiger partial charge in [0.1, 0.15) is 35.4 Å². The fourth-order valence-electron chi connectivity index (χ4n) is 5.92. The number of hydrogen-bond acceptors (Lipinski definition) is 9. The molecule has 3 aromatic rings. The van der Waals surface area contributed by atoms with Gasteiger partial charge in [-0.15, -0.1) is 0 Å². The molecule has 4 heterocycles. The molecule has 0 spiro atoms. The molecule has 0 saturated carbocycles. The van der Waals surface area contributed by atoms with Crippen molar-refractivity contribution in [1.29, 1.82) is 0 Å². The number of piperidine rings is 1. The third-order valence-electron chi connectivity index (χ3n) is 8.23. The van der Waals surface area contributed by atoms with Crippen molar-refractivity contribution >= 4 is 23.4 Å². The van der Waals surface area contributed by atoms with Crippen LogP contribution < -0.4 is 20.9 Å². The lowest BCUT2D eigenvalue weighted by Gasteiger charge is -2.34. The first-order chi connectivity index (χ1) is 20.8. The van der Waals surface area contributed by atoms with Gasteiger partial charge < -0.3 is 25.6 Å². The summed E-state index contributed by atoms with van der Waals surface area (Å²) in [6.07, 6.45) is 7.84. The summed E-state index contributed by atoms with van der Waals surface area (Å²) in [5.41, 5.74) is 4.25. The minimum atomic E-state index is -0.559. The SMILES string of the molecule is Cc1c(NC[C@H](NCCCc2ccccc2)C(=O)OC(C)(C)C)ncnc1N1CCC(c2ccc3c(n2)NCCC3)CC1. The van der Waals surface area contributed by atoms with Gasteiger partial charge in [-0.3, -0.25) is 4.79 Å². The van der Waals surface area contributed by atoms with Crippen LogP contribution in [0.2, 0.25) is 0 Å². The number of carbonyl (C=O) groups is 1. The standard InChI is InChI=1S/C34H47N7O2/c1-24-30(37-22-29(33(42)43-34(2,3)4)35-18-8-12-25-10-6-5-7-11-25)38-23-39-32(24)41-20-16-26(17-21-41)28-15-14-27-13-9-19-36-31(27)40-28/h5-7,10-11,14-15,23,26,29,35H,8-9,12-13,16-22H2,1-4H3,(H,36,40)(H,37,38,39)/t29-/m0/s1. The third kappa shape index (κ3) is 8.44. The molecule has 0 radical (unpaired) electrons. The largest absolute Gasteiger partial charge is 0.459 e. The van der Waals surface area contributed by atoms with Gasteiger partial charge in [-0.05, 0) is 90.0 Å². The van der Waals surface area contributed by atoms with E-state index >= 15 is 0 Å². The average molecular weight is 586 g/mol. The third-order valence-corrected chi connectivity index (χ3v) is 8.23. The monoisotopic (exact) mass is 585 g/mol. The second-order valence-corrected chi connectivity index (χ2v) is 12.7. The Labute approximate surface area is 256 Å². The van der Waals surface area contributed by atoms with Gasteiger partial charge in [0, 0.05) is 43.4 Å². The van der Waals surface area contributed by atoms with Gasteiger partial charge in [-0.1, -0.05) is 36.4 Å². The first kappa shape index (κ1) is 30.7. The molecule has 1 fully saturated rings. The summed E-state index contributed by atoms with van der Waals surface area (Å²) in [6.45, 7) is 11.7. The molecule has 1 aromatic carbocycles. The number of pyridine rings is 1. The van der Waals surface area contributed by atoms with E-state index in [1.54, 1.807) is 6.33 Å². The molecule has 3 N–H and O–H groups in total. The minimum Gasteiger partial charge on any atom is -0.459 e. The van der Waals surface area contributed by atoms with Gasteiger partial charge >= 0.3 is 5.97 Å². The summed E-state index contributed by atoms with van der Waals surface area (Å²) in [5.74, 6) is 2.95. The highest BCUT2D eigenvalue weighted by Crippen LogP contribution is 2.33. The smallest absolute Gasteiger partial charge is 0.325 e. The highest BCUT2D eigenvalue weighted by Gasteiger charge is 2.27. The predicted octanol–water partition coefficient (Wildman–Crippen LogP) is 5.27. The lowest BCUT2D eigenvalue weighted by atomic mass is 9.92. The lowest BCUT2D eigenvalue weighted by molar-refractivity contribution is -0.157. The Balaban J connectivity index is 1.18. The van der Waals surface area contributed by atoms with Crippen molar-refractivity contribution in [2.24, 2.45) is 0 Å². The van der Waals surface area contributed by atoms with Crippen LogP contribution in [-0.4, -0.2) is 65.3 Å². The van der Waals surface area contributed by atoms with E-state index in [4.69, 9.17) is 9.72 Å². The van der Waals surface area contributed by atoms with Crippen LogP contribution in [0.5, 0.6) is 0 Å². The minimum absolute atomic E-state index is 0.264. The molecule has 5 rings (SSSR count). The van der Waals surface area contributed by atoms with E-state index < -0.39 is 11.6 Å². The van der Waals surface area contributed by atoms with Crippen molar-refractivity contribution in [2.75, 3.05) is 48.3 Å². The predicted molar refractivity (Wildman–Crippen MR) is 173 cm³/mol. The number of rotatable bonds is 11. The van der Waals surface area contributed by atoms with E-state index in [2.05, 4.69) is 74.1 Å². The van der Waals surface area contributed by atoms with Gasteiger partial charge in [-0.2, -0.15) is 0 Å². The molecule has 0 bridgehead atoms. The molecule has 2 aromatic heterocycles. The number of aromatic nitrogens is 3. The van der Waals surface area contributed by atoms with Crippen LogP contribution in [0, 0.1) is 6.92 Å². The number of ether oxygens (including phenoxy) is 1. The van der Waals surface area contributed by atoms with Gasteiger partial charge in [0.15, 0.2) is 0 Å². The number of carbonyl (C=O) groups excluding carboxylic acids is 1. The zero-order valence-electron chi connectivity index (χ0n) is 26.2. The lowest BCUT2D eigenvalue weighted by Crippen LogP contribution is -2.46. The Bertz CT molecular complexity index is 1350. The molecule has 43 heavy (non-hydrogen) atoms. The van der Waals surface area contributed by atoms with E-state index in [9.17, 15) is 4.79 Å². The summed E-state index contributed by atoms with van der Waals surface area (Å²) in [4.78, 5) is 29.6. The van der Waals surface area contributed by atoms with Crippen LogP contribution in [0.1, 0.15) is 74.8 Å². The Morgan fingerprint density at radius 3 is 2.67 bits per heavy atom. The Kier molecular flexibility index (Phi) is 10.1. The number of anilines is 3. The van der Waals surface area contributed by atoms with E-state index in [0.717, 1.165) is 74.8 Å². The maximum absolute atomic E-state index is 13.1. The molecule has 9 nitrogen and oxygen atoms in total. The van der Waals surface area contributed by atoms with E-state index in [1.165, 1.54) is 23.2 Å². The van der Waals surface area contributed by atoms with Crippen molar-refractivity contribution < 1.29 is 9.53 Å². The first-order valence-electron chi connectivity index (χ1n) is 15.8. The van der Waals surface area contributed by atoms with Crippen LogP contribution in [-0.2, 0) is 22.4 Å². The maximum atomic E-state index is 13.1. The summed E-state index contributed by atoms with van der Waals surface area (Å²) in [6, 6.07) is 14.4. The Hall–Kier alpha value is -3.72. The fraction of sp³-hybridized carbons (Fsp3) is 0.529. The fourth-order valence-corrected chi connectivity index (χ4v) is 5.92. The number of hydrogen-bond donors (Lipinski definition) is 3. The number of nitrogens with zero attached hydrogens (tertiary/aromatic N) is 4. The van der Waals surface area contributed by atoms with Crippen LogP contribution in [0.4, 0.5) is 17.5 Å². The van der Waals surface area contributed by atoms with E-state index in [1.807, 2.05) is 26.8 Å². The molecule has 0 aliphatic carbocycles. The molecule has 0 unspecified atom stereocenters. The van der Waals surface area contributed by atoms with Crippen LogP contribution in [0.15, 0.2) is 48.8 Å². The molecule has 1 atom stereocenters. The van der Waals surface area contributed by atoms with Crippen molar-refractivity contribution in [3.8, 4) is 0 Å². The van der Waals surface area contributed by atoms with Crippen LogP contribution >= 0.6 is 0 Å². The van der Waals surface area contributed by atoms with Gasteiger partial charge in [0.25, 0.3) is 0 Å². The maximum Gasteiger partial charge on any atom is 0.325 e. The summed E-state index contributed by atoms with van der Waals surface area (Å²) in [7, 11) is 0. The normalized spacial score (nSPS) is 16.2. The molecule has 2 aliphatic heterocycles. The number of aryl methyl sites for hydroxylation is 2. The van der Waals surface area contributed by atoms with Gasteiger partial charge in [0.05, 0.1) is 0 Å². The second kappa shape index (κ2) is 14.2. The van der Waals surface area contributed by atoms with E-state index in [-0.39, 0.29) is 5.97 Å². The zero-order chi connectivity index (χ0) is 30.2. The Morgan fingerprint density at radius 1 is 1.12 bits per heavy atom. The van der Waals surface area contributed by atoms with Crippen molar-refractivity contribution in [1.82, 2.24) is 20.3 Å². The van der Waals surface area contributed by atoms with Crippen molar-refractivity contribution in [3.63, 3.8) is 0 Å². The highest BCUT2D eigenvalue weighted by molar-refractivity contribution is 5.77. The average Bonchev–Trinajstić information content (AvgIpc) is 3.01. The molecular weight excluding hydrogens is 538 g/mol. The van der Waals surface area contributed by atoms with Crippen molar-refractivity contribution in [3.05, 3.63) is 71.2 Å². The molecule has 230 valence electrons. The number of benzene rings is 1. The quantitative estimate of drug-likeness (QED) is 0.205. The zero-order valence-corrected chi connectivity index (χ0v) is 26.2. The summed E-state index contributed by atoms with van der Waals surface area (Å²) in [5, 5.41) is 10.3. The molecule has 9 heteroatoms. The summed E-state index contributed by atoms with van der Waals surface area (Å²) < 4.78 is 5.74. The topological polar surface area (TPSA) is 104 Å². The second-order valence-electron chi connectivity index (χ2n) is 12.7. The summed E-state index contributed by atoms with van der Waals surface area (Å²) >= 11 is 0. The highest BCUT2D eigenvalue weighted by atomic mass is 16.6. The van der Waals surface area contributed by atoms with Crippen LogP contribution in [0.25, 0.3) is 0 Å². The van der Waals surface area contributed by atoms with Gasteiger partial charge in [-0.25, -0.2) is 15.0 Å². The molecule has 1 saturated heterocycles. The van der Waals surface area contributed by atoms with E-state index in [0.29, 0.717) is 19.0 Å². The van der Waals surface area contributed by atoms with Gasteiger partial charge in [0.2, 0.25) is 0 Å². The van der Waals surface area contributed by atoms with Crippen LogP contribution in [0.3, 0.4) is 0 Å². The molecular formula is C34H47N7O2. The van der Waals surface area contributed by atoms with Crippen molar-refractivity contribution in [2.45, 2.75) is 83.8 Å². The Morgan fingerprint density at radius 2 is 1.91 bits per heavy atom. The number of fused-ring (bicyclic) bond motifs is 1. The first-order valence-corrected chi connectivity index (χ1v) is 15.8.